The van der Waals surface area contributed by atoms with Crippen LogP contribution in [0.4, 0.5) is 0 Å². The Balaban J connectivity index is 1.94. The summed E-state index contributed by atoms with van der Waals surface area (Å²) in [6.07, 6.45) is 2.69. The Morgan fingerprint density at radius 1 is 1.03 bits per heavy atom. The molecule has 0 spiro atoms. The summed E-state index contributed by atoms with van der Waals surface area (Å²) < 4.78 is 11.1. The van der Waals surface area contributed by atoms with Crippen molar-refractivity contribution in [1.82, 2.24) is 10.2 Å². The van der Waals surface area contributed by atoms with Crippen molar-refractivity contribution >= 4 is 11.9 Å². The minimum atomic E-state index is -0.556. The van der Waals surface area contributed by atoms with Gasteiger partial charge in [0.2, 0.25) is 5.91 Å². The largest absolute Gasteiger partial charge is 0.508 e. The summed E-state index contributed by atoms with van der Waals surface area (Å²) in [5, 5.41) is 12.9. The van der Waals surface area contributed by atoms with Gasteiger partial charge < -0.3 is 30.5 Å². The normalized spacial score (nSPS) is 12.5. The van der Waals surface area contributed by atoms with Crippen molar-refractivity contribution in [2.24, 2.45) is 5.73 Å². The molecule has 204 valence electrons. The number of hydrogen-bond acceptors (Lipinski definition) is 7. The van der Waals surface area contributed by atoms with E-state index < -0.39 is 12.1 Å². The van der Waals surface area contributed by atoms with Crippen molar-refractivity contribution in [3.8, 4) is 11.5 Å². The number of nitrogens with zero attached hydrogens (tertiary/aromatic N) is 1. The molecule has 4 N–H and O–H groups in total. The Kier molecular flexibility index (Phi) is 13.5. The SMILES string of the molecule is CCCN(CCC)C(=O)CCCC(=O)O[C@H](CNCc1cccc(OC)c1)[C@@H](N)Cc1ccc(O)cc1. The van der Waals surface area contributed by atoms with Crippen LogP contribution in [0.15, 0.2) is 48.5 Å². The van der Waals surface area contributed by atoms with Gasteiger partial charge >= 0.3 is 5.97 Å². The number of hydrogen-bond donors (Lipinski definition) is 3. The van der Waals surface area contributed by atoms with Crippen LogP contribution >= 0.6 is 0 Å². The summed E-state index contributed by atoms with van der Waals surface area (Å²) in [7, 11) is 1.63. The van der Waals surface area contributed by atoms with E-state index >= 15 is 0 Å². The van der Waals surface area contributed by atoms with Gasteiger partial charge in [-0.1, -0.05) is 38.1 Å². The number of carbonyl (C=O) groups is 2. The Labute approximate surface area is 221 Å². The fraction of sp³-hybridized carbons (Fsp3) is 0.517. The molecule has 0 aromatic heterocycles. The number of amides is 1. The molecule has 0 aliphatic rings. The predicted molar refractivity (Wildman–Crippen MR) is 145 cm³/mol. The zero-order chi connectivity index (χ0) is 27.0. The molecule has 0 bridgehead atoms. The number of methoxy groups -OCH3 is 1. The highest BCUT2D eigenvalue weighted by Gasteiger charge is 2.23. The number of aromatic hydroxyl groups is 1. The molecule has 0 radical (unpaired) electrons. The lowest BCUT2D eigenvalue weighted by Gasteiger charge is -2.25. The van der Waals surface area contributed by atoms with E-state index in [1.165, 1.54) is 0 Å². The molecule has 0 heterocycles. The second kappa shape index (κ2) is 16.6. The van der Waals surface area contributed by atoms with Gasteiger partial charge in [-0.25, -0.2) is 0 Å². The summed E-state index contributed by atoms with van der Waals surface area (Å²) in [4.78, 5) is 27.1. The molecule has 1 amide bonds. The molecule has 0 unspecified atom stereocenters. The topological polar surface area (TPSA) is 114 Å². The van der Waals surface area contributed by atoms with Crippen molar-refractivity contribution < 1.29 is 24.2 Å². The van der Waals surface area contributed by atoms with Crippen LogP contribution in [-0.4, -0.2) is 60.8 Å². The van der Waals surface area contributed by atoms with E-state index in [1.54, 1.807) is 19.2 Å². The molecule has 2 aromatic rings. The molecule has 0 saturated carbocycles. The first-order chi connectivity index (χ1) is 17.9. The van der Waals surface area contributed by atoms with Gasteiger partial charge in [-0.05, 0) is 61.1 Å². The second-order valence-electron chi connectivity index (χ2n) is 9.28. The summed E-state index contributed by atoms with van der Waals surface area (Å²) in [6.45, 7) is 6.53. The van der Waals surface area contributed by atoms with Gasteiger partial charge in [-0.2, -0.15) is 0 Å². The number of carbonyl (C=O) groups excluding carboxylic acids is 2. The molecule has 0 aliphatic carbocycles. The first-order valence-electron chi connectivity index (χ1n) is 13.2. The third kappa shape index (κ3) is 11.2. The number of phenolic OH excluding ortho intramolecular Hbond substituents is 1. The van der Waals surface area contributed by atoms with E-state index in [-0.39, 0.29) is 24.0 Å². The lowest BCUT2D eigenvalue weighted by Crippen LogP contribution is -2.45. The number of nitrogens with two attached hydrogens (primary N) is 1. The van der Waals surface area contributed by atoms with Crippen LogP contribution < -0.4 is 15.8 Å². The van der Waals surface area contributed by atoms with Crippen LogP contribution in [0.5, 0.6) is 11.5 Å². The molecule has 0 fully saturated rings. The maximum atomic E-state index is 12.7. The fourth-order valence-corrected chi connectivity index (χ4v) is 4.13. The van der Waals surface area contributed by atoms with Crippen molar-refractivity contribution in [3.63, 3.8) is 0 Å². The van der Waals surface area contributed by atoms with Gasteiger partial charge in [0.05, 0.1) is 7.11 Å². The average molecular weight is 514 g/mol. The molecule has 2 atom stereocenters. The third-order valence-corrected chi connectivity index (χ3v) is 6.09. The summed E-state index contributed by atoms with van der Waals surface area (Å²) in [5.74, 6) is 0.681. The average Bonchev–Trinajstić information content (AvgIpc) is 2.89. The van der Waals surface area contributed by atoms with E-state index in [0.29, 0.717) is 32.4 Å². The molecular formula is C29H43N3O5. The van der Waals surface area contributed by atoms with Gasteiger partial charge in [0.15, 0.2) is 0 Å². The highest BCUT2D eigenvalue weighted by atomic mass is 16.5. The molecule has 8 heteroatoms. The number of phenols is 1. The number of esters is 1. The van der Waals surface area contributed by atoms with Crippen LogP contribution in [0.1, 0.15) is 57.1 Å². The Morgan fingerprint density at radius 2 is 1.73 bits per heavy atom. The second-order valence-corrected chi connectivity index (χ2v) is 9.28. The molecule has 37 heavy (non-hydrogen) atoms. The number of benzene rings is 2. The maximum absolute atomic E-state index is 12.7. The number of ether oxygens (including phenoxy) is 2. The Bertz CT molecular complexity index is 945. The third-order valence-electron chi connectivity index (χ3n) is 6.09. The van der Waals surface area contributed by atoms with E-state index in [4.69, 9.17) is 15.2 Å². The van der Waals surface area contributed by atoms with Gasteiger partial charge in [0.25, 0.3) is 0 Å². The lowest BCUT2D eigenvalue weighted by atomic mass is 10.0. The van der Waals surface area contributed by atoms with E-state index in [0.717, 1.165) is 42.8 Å². The highest BCUT2D eigenvalue weighted by molar-refractivity contribution is 5.77. The molecule has 0 aliphatic heterocycles. The van der Waals surface area contributed by atoms with Crippen LogP contribution in [0.3, 0.4) is 0 Å². The van der Waals surface area contributed by atoms with Crippen LogP contribution in [0.25, 0.3) is 0 Å². The minimum absolute atomic E-state index is 0.0806. The van der Waals surface area contributed by atoms with Gasteiger partial charge in [0, 0.05) is 45.1 Å². The molecule has 2 rings (SSSR count). The van der Waals surface area contributed by atoms with E-state index in [1.807, 2.05) is 41.3 Å². The lowest BCUT2D eigenvalue weighted by molar-refractivity contribution is -0.150. The highest BCUT2D eigenvalue weighted by Crippen LogP contribution is 2.15. The Morgan fingerprint density at radius 3 is 2.38 bits per heavy atom. The fourth-order valence-electron chi connectivity index (χ4n) is 4.13. The number of rotatable bonds is 17. The minimum Gasteiger partial charge on any atom is -0.508 e. The van der Waals surface area contributed by atoms with Crippen LogP contribution in [-0.2, 0) is 27.3 Å². The summed E-state index contributed by atoms with van der Waals surface area (Å²) >= 11 is 0. The summed E-state index contributed by atoms with van der Waals surface area (Å²) in [5.41, 5.74) is 8.47. The standard InChI is InChI=1S/C29H43N3O5/c1-4-16-32(17-5-2)28(34)10-7-11-29(35)37-27(26(30)19-22-12-14-24(33)15-13-22)21-31-20-23-8-6-9-25(18-23)36-3/h6,8-9,12-15,18,26-27,31,33H,4-5,7,10-11,16-17,19-21,30H2,1-3H3/t26-,27+/m0/s1. The first-order valence-corrected chi connectivity index (χ1v) is 13.2. The smallest absolute Gasteiger partial charge is 0.306 e. The zero-order valence-electron chi connectivity index (χ0n) is 22.4. The van der Waals surface area contributed by atoms with Crippen molar-refractivity contribution in [2.75, 3.05) is 26.7 Å². The zero-order valence-corrected chi connectivity index (χ0v) is 22.4. The summed E-state index contributed by atoms with van der Waals surface area (Å²) in [6, 6.07) is 14.1. The van der Waals surface area contributed by atoms with Crippen LogP contribution in [0, 0.1) is 0 Å². The predicted octanol–water partition coefficient (Wildman–Crippen LogP) is 3.79. The van der Waals surface area contributed by atoms with Gasteiger partial charge in [0.1, 0.15) is 17.6 Å². The first kappa shape index (κ1) is 30.1. The molecule has 0 saturated heterocycles. The molecule has 8 nitrogen and oxygen atoms in total. The monoisotopic (exact) mass is 513 g/mol. The number of nitrogens with one attached hydrogen (secondary N) is 1. The van der Waals surface area contributed by atoms with Crippen molar-refractivity contribution in [3.05, 3.63) is 59.7 Å². The quantitative estimate of drug-likeness (QED) is 0.276. The van der Waals surface area contributed by atoms with Gasteiger partial charge in [-0.3, -0.25) is 9.59 Å². The van der Waals surface area contributed by atoms with E-state index in [2.05, 4.69) is 19.2 Å². The van der Waals surface area contributed by atoms with Gasteiger partial charge in [-0.15, -0.1) is 0 Å². The van der Waals surface area contributed by atoms with Crippen molar-refractivity contribution in [2.45, 2.75) is 71.1 Å². The van der Waals surface area contributed by atoms with Crippen molar-refractivity contribution in [1.29, 1.82) is 0 Å². The maximum Gasteiger partial charge on any atom is 0.306 e. The molecule has 2 aromatic carbocycles. The Hall–Kier alpha value is -3.10. The van der Waals surface area contributed by atoms with E-state index in [9.17, 15) is 14.7 Å². The van der Waals surface area contributed by atoms with Crippen LogP contribution in [0.2, 0.25) is 0 Å². The molecular weight excluding hydrogens is 470 g/mol.